The fourth-order valence-corrected chi connectivity index (χ4v) is 5.21. The lowest BCUT2D eigenvalue weighted by molar-refractivity contribution is -0.0164. The lowest BCUT2D eigenvalue weighted by Crippen LogP contribution is -2.58. The van der Waals surface area contributed by atoms with Gasteiger partial charge in [0, 0.05) is 48.8 Å². The quantitative estimate of drug-likeness (QED) is 0.306. The average molecular weight is 577 g/mol. The SMILES string of the molecule is CN=C(NCC1(c2cccc(Br)c2)CC1)NCC1(N2CCCC2)CCOCC1.I. The third kappa shape index (κ3) is 5.46. The van der Waals surface area contributed by atoms with Crippen molar-refractivity contribution >= 4 is 45.9 Å². The predicted molar refractivity (Wildman–Crippen MR) is 133 cm³/mol. The van der Waals surface area contributed by atoms with Gasteiger partial charge < -0.3 is 15.4 Å². The molecule has 1 aromatic carbocycles. The van der Waals surface area contributed by atoms with Crippen molar-refractivity contribution in [3.8, 4) is 0 Å². The van der Waals surface area contributed by atoms with E-state index in [9.17, 15) is 0 Å². The number of hydrogen-bond acceptors (Lipinski definition) is 3. The molecule has 162 valence electrons. The van der Waals surface area contributed by atoms with Crippen molar-refractivity contribution in [2.45, 2.75) is 49.5 Å². The van der Waals surface area contributed by atoms with Crippen LogP contribution in [-0.4, -0.2) is 62.8 Å². The van der Waals surface area contributed by atoms with Crippen molar-refractivity contribution in [3.05, 3.63) is 34.3 Å². The van der Waals surface area contributed by atoms with Crippen molar-refractivity contribution in [1.29, 1.82) is 0 Å². The van der Waals surface area contributed by atoms with Gasteiger partial charge in [-0.15, -0.1) is 24.0 Å². The summed E-state index contributed by atoms with van der Waals surface area (Å²) in [6.45, 7) is 6.06. The number of benzene rings is 1. The molecule has 0 atom stereocenters. The molecule has 5 nitrogen and oxygen atoms in total. The zero-order valence-corrected chi connectivity index (χ0v) is 21.3. The summed E-state index contributed by atoms with van der Waals surface area (Å²) in [5.41, 5.74) is 1.89. The van der Waals surface area contributed by atoms with Crippen molar-refractivity contribution in [2.24, 2.45) is 4.99 Å². The molecule has 4 rings (SSSR count). The number of halogens is 2. The first-order chi connectivity index (χ1) is 13.7. The number of nitrogens with zero attached hydrogens (tertiary/aromatic N) is 2. The topological polar surface area (TPSA) is 48.9 Å². The van der Waals surface area contributed by atoms with Crippen LogP contribution in [0, 0.1) is 0 Å². The second-order valence-corrected chi connectivity index (χ2v) is 9.52. The molecule has 2 saturated heterocycles. The maximum atomic E-state index is 5.67. The maximum Gasteiger partial charge on any atom is 0.191 e. The van der Waals surface area contributed by atoms with Gasteiger partial charge in [-0.3, -0.25) is 9.89 Å². The minimum absolute atomic E-state index is 0. The van der Waals surface area contributed by atoms with E-state index in [4.69, 9.17) is 4.74 Å². The second kappa shape index (κ2) is 10.3. The van der Waals surface area contributed by atoms with E-state index in [1.54, 1.807) is 0 Å². The van der Waals surface area contributed by atoms with Crippen LogP contribution in [-0.2, 0) is 10.2 Å². The Morgan fingerprint density at radius 2 is 1.79 bits per heavy atom. The zero-order valence-electron chi connectivity index (χ0n) is 17.4. The van der Waals surface area contributed by atoms with E-state index in [1.165, 1.54) is 44.3 Å². The minimum atomic E-state index is 0. The molecule has 0 amide bonds. The molecule has 2 N–H and O–H groups in total. The molecule has 0 unspecified atom stereocenters. The average Bonchev–Trinajstić information content (AvgIpc) is 3.31. The van der Waals surface area contributed by atoms with Crippen LogP contribution in [0.2, 0.25) is 0 Å². The Hall–Kier alpha value is -0.380. The first-order valence-electron chi connectivity index (χ1n) is 10.7. The summed E-state index contributed by atoms with van der Waals surface area (Å²) in [5, 5.41) is 7.26. The zero-order chi connectivity index (χ0) is 19.5. The normalized spacial score (nSPS) is 23.3. The van der Waals surface area contributed by atoms with Crippen LogP contribution in [0.4, 0.5) is 0 Å². The van der Waals surface area contributed by atoms with Gasteiger partial charge in [0.2, 0.25) is 0 Å². The summed E-state index contributed by atoms with van der Waals surface area (Å²) < 4.78 is 6.83. The van der Waals surface area contributed by atoms with Gasteiger partial charge in [0.25, 0.3) is 0 Å². The molecule has 1 aliphatic carbocycles. The molecule has 0 aromatic heterocycles. The summed E-state index contributed by atoms with van der Waals surface area (Å²) in [7, 11) is 1.88. The molecule has 2 aliphatic heterocycles. The molecule has 3 fully saturated rings. The van der Waals surface area contributed by atoms with Crippen LogP contribution in [0.5, 0.6) is 0 Å². The molecule has 7 heteroatoms. The van der Waals surface area contributed by atoms with E-state index in [-0.39, 0.29) is 34.9 Å². The molecule has 1 aromatic rings. The van der Waals surface area contributed by atoms with Crippen LogP contribution < -0.4 is 10.6 Å². The van der Waals surface area contributed by atoms with Gasteiger partial charge in [-0.05, 0) is 69.3 Å². The number of rotatable bonds is 6. The smallest absolute Gasteiger partial charge is 0.191 e. The van der Waals surface area contributed by atoms with Gasteiger partial charge in [0.05, 0.1) is 0 Å². The maximum absolute atomic E-state index is 5.67. The van der Waals surface area contributed by atoms with Crippen LogP contribution in [0.1, 0.15) is 44.1 Å². The largest absolute Gasteiger partial charge is 0.381 e. The lowest BCUT2D eigenvalue weighted by Gasteiger charge is -2.45. The number of likely N-dealkylation sites (tertiary alicyclic amines) is 1. The highest BCUT2D eigenvalue weighted by molar-refractivity contribution is 14.0. The van der Waals surface area contributed by atoms with Crippen molar-refractivity contribution < 1.29 is 4.74 Å². The highest BCUT2D eigenvalue weighted by Crippen LogP contribution is 2.48. The number of nitrogens with one attached hydrogen (secondary N) is 2. The number of aliphatic imine (C=N–C) groups is 1. The van der Waals surface area contributed by atoms with E-state index in [1.807, 2.05) is 7.05 Å². The van der Waals surface area contributed by atoms with E-state index < -0.39 is 0 Å². The Labute approximate surface area is 200 Å². The van der Waals surface area contributed by atoms with Crippen molar-refractivity contribution in [1.82, 2.24) is 15.5 Å². The highest BCUT2D eigenvalue weighted by Gasteiger charge is 2.44. The third-order valence-corrected chi connectivity index (χ3v) is 7.39. The van der Waals surface area contributed by atoms with Crippen molar-refractivity contribution in [3.63, 3.8) is 0 Å². The Morgan fingerprint density at radius 1 is 1.10 bits per heavy atom. The molecular weight excluding hydrogens is 543 g/mol. The molecule has 1 saturated carbocycles. The first-order valence-corrected chi connectivity index (χ1v) is 11.5. The molecule has 0 bridgehead atoms. The molecule has 3 aliphatic rings. The van der Waals surface area contributed by atoms with E-state index >= 15 is 0 Å². The van der Waals surface area contributed by atoms with E-state index in [2.05, 4.69) is 60.7 Å². The van der Waals surface area contributed by atoms with E-state index in [0.717, 1.165) is 49.6 Å². The third-order valence-electron chi connectivity index (χ3n) is 6.89. The van der Waals surface area contributed by atoms with Crippen LogP contribution in [0.15, 0.2) is 33.7 Å². The van der Waals surface area contributed by atoms with Gasteiger partial charge in [-0.25, -0.2) is 0 Å². The van der Waals surface area contributed by atoms with Crippen molar-refractivity contribution in [2.75, 3.05) is 46.4 Å². The first kappa shape index (κ1) is 23.3. The predicted octanol–water partition coefficient (Wildman–Crippen LogP) is 3.91. The molecule has 0 spiro atoms. The molecule has 2 heterocycles. The second-order valence-electron chi connectivity index (χ2n) is 8.60. The van der Waals surface area contributed by atoms with Gasteiger partial charge in [-0.2, -0.15) is 0 Å². The van der Waals surface area contributed by atoms with E-state index in [0.29, 0.717) is 0 Å². The summed E-state index contributed by atoms with van der Waals surface area (Å²) in [6, 6.07) is 8.74. The van der Waals surface area contributed by atoms with Gasteiger partial charge >= 0.3 is 0 Å². The number of hydrogen-bond donors (Lipinski definition) is 2. The Balaban J connectivity index is 0.00000240. The van der Waals surface area contributed by atoms with Crippen LogP contribution in [0.3, 0.4) is 0 Å². The standard InChI is InChI=1S/C22H33BrN4O.HI/c1-24-20(25-16-21(7-8-21)18-5-4-6-19(23)15-18)26-17-22(9-13-28-14-10-22)27-11-2-3-12-27;/h4-6,15H,2-3,7-14,16-17H2,1H3,(H2,24,25,26);1H. The molecular formula is C22H34BrIN4O. The van der Waals surface area contributed by atoms with Gasteiger partial charge in [-0.1, -0.05) is 28.1 Å². The highest BCUT2D eigenvalue weighted by atomic mass is 127. The van der Waals surface area contributed by atoms with Crippen LogP contribution >= 0.6 is 39.9 Å². The summed E-state index contributed by atoms with van der Waals surface area (Å²) in [6.07, 6.45) is 7.35. The Morgan fingerprint density at radius 3 is 2.41 bits per heavy atom. The minimum Gasteiger partial charge on any atom is -0.381 e. The number of guanidine groups is 1. The lowest BCUT2D eigenvalue weighted by atomic mass is 9.88. The monoisotopic (exact) mass is 576 g/mol. The summed E-state index contributed by atoms with van der Waals surface area (Å²) in [4.78, 5) is 7.20. The fraction of sp³-hybridized carbons (Fsp3) is 0.682. The fourth-order valence-electron chi connectivity index (χ4n) is 4.81. The summed E-state index contributed by atoms with van der Waals surface area (Å²) >= 11 is 3.61. The Kier molecular flexibility index (Phi) is 8.26. The Bertz CT molecular complexity index is 698. The number of ether oxygens (including phenoxy) is 1. The van der Waals surface area contributed by atoms with Crippen LogP contribution in [0.25, 0.3) is 0 Å². The van der Waals surface area contributed by atoms with Gasteiger partial charge in [0.15, 0.2) is 5.96 Å². The van der Waals surface area contributed by atoms with Gasteiger partial charge in [0.1, 0.15) is 0 Å². The summed E-state index contributed by atoms with van der Waals surface area (Å²) in [5.74, 6) is 0.923. The molecule has 29 heavy (non-hydrogen) atoms. The molecule has 0 radical (unpaired) electrons.